The quantitative estimate of drug-likeness (QED) is 0.858. The molecule has 1 aliphatic heterocycles. The van der Waals surface area contributed by atoms with Gasteiger partial charge in [0.1, 0.15) is 6.33 Å². The van der Waals surface area contributed by atoms with Crippen molar-refractivity contribution in [3.8, 4) is 5.88 Å². The lowest BCUT2D eigenvalue weighted by atomic mass is 10.2. The molecule has 1 saturated heterocycles. The lowest BCUT2D eigenvalue weighted by molar-refractivity contribution is -0.133. The van der Waals surface area contributed by atoms with E-state index in [4.69, 9.17) is 4.74 Å². The lowest BCUT2D eigenvalue weighted by Crippen LogP contribution is -2.50. The van der Waals surface area contributed by atoms with Gasteiger partial charge in [-0.15, -0.1) is 0 Å². The van der Waals surface area contributed by atoms with Crippen molar-refractivity contribution in [1.82, 2.24) is 14.9 Å². The van der Waals surface area contributed by atoms with Gasteiger partial charge in [0.15, 0.2) is 6.61 Å². The highest BCUT2D eigenvalue weighted by Gasteiger charge is 2.21. The van der Waals surface area contributed by atoms with Crippen molar-refractivity contribution in [2.24, 2.45) is 0 Å². The summed E-state index contributed by atoms with van der Waals surface area (Å²) in [6.07, 6.45) is 1.44. The van der Waals surface area contributed by atoms with Crippen LogP contribution in [-0.4, -0.2) is 53.6 Å². The number of carbonyl (C=O) groups is 1. The number of hydrogen-bond acceptors (Lipinski definition) is 5. The van der Waals surface area contributed by atoms with Gasteiger partial charge >= 0.3 is 0 Å². The molecule has 1 amide bonds. The smallest absolute Gasteiger partial charge is 0.260 e. The number of piperazine rings is 1. The number of rotatable bonds is 4. The summed E-state index contributed by atoms with van der Waals surface area (Å²) in [5, 5.41) is 0. The Labute approximate surface area is 142 Å². The minimum atomic E-state index is -0.00448. The van der Waals surface area contributed by atoms with Crippen LogP contribution in [0.4, 0.5) is 5.69 Å². The van der Waals surface area contributed by atoms with E-state index < -0.39 is 0 Å². The van der Waals surface area contributed by atoms with Crippen molar-refractivity contribution in [2.45, 2.75) is 13.8 Å². The highest BCUT2D eigenvalue weighted by Crippen LogP contribution is 2.18. The molecule has 1 fully saturated rings. The van der Waals surface area contributed by atoms with E-state index in [1.165, 1.54) is 17.6 Å². The van der Waals surface area contributed by atoms with Crippen LogP contribution in [0.15, 0.2) is 36.7 Å². The minimum Gasteiger partial charge on any atom is -0.467 e. The number of hydrogen-bond donors (Lipinski definition) is 0. The predicted octanol–water partition coefficient (Wildman–Crippen LogP) is 1.82. The summed E-state index contributed by atoms with van der Waals surface area (Å²) in [4.78, 5) is 24.5. The van der Waals surface area contributed by atoms with Crippen LogP contribution in [0, 0.1) is 13.8 Å². The number of aryl methyl sites for hydroxylation is 2. The standard InChI is InChI=1S/C18H22N4O2/c1-14-4-3-5-16(10-14)21-6-8-22(9-7-21)18(23)12-24-17-11-15(2)19-13-20-17/h3-5,10-11,13H,6-9,12H2,1-2H3. The van der Waals surface area contributed by atoms with E-state index in [-0.39, 0.29) is 12.5 Å². The van der Waals surface area contributed by atoms with Gasteiger partial charge in [0, 0.05) is 43.6 Å². The third-order valence-corrected chi connectivity index (χ3v) is 4.12. The van der Waals surface area contributed by atoms with Gasteiger partial charge < -0.3 is 14.5 Å². The predicted molar refractivity (Wildman–Crippen MR) is 92.2 cm³/mol. The average Bonchev–Trinajstić information content (AvgIpc) is 2.60. The highest BCUT2D eigenvalue weighted by molar-refractivity contribution is 5.78. The molecule has 1 aromatic carbocycles. The average molecular weight is 326 g/mol. The molecule has 6 heteroatoms. The van der Waals surface area contributed by atoms with Crippen LogP contribution in [0.2, 0.25) is 0 Å². The van der Waals surface area contributed by atoms with Gasteiger partial charge in [-0.2, -0.15) is 0 Å². The number of benzene rings is 1. The summed E-state index contributed by atoms with van der Waals surface area (Å²) in [5.41, 5.74) is 3.29. The summed E-state index contributed by atoms with van der Waals surface area (Å²) in [7, 11) is 0. The van der Waals surface area contributed by atoms with Crippen LogP contribution >= 0.6 is 0 Å². The maximum atomic E-state index is 12.3. The minimum absolute atomic E-state index is 0.00448. The van der Waals surface area contributed by atoms with Crippen LogP contribution in [0.3, 0.4) is 0 Å². The third kappa shape index (κ3) is 4.01. The number of nitrogens with zero attached hydrogens (tertiary/aromatic N) is 4. The molecule has 2 aromatic rings. The Balaban J connectivity index is 1.50. The fraction of sp³-hybridized carbons (Fsp3) is 0.389. The normalized spacial score (nSPS) is 14.6. The van der Waals surface area contributed by atoms with Crippen LogP contribution in [0.1, 0.15) is 11.3 Å². The Kier molecular flexibility index (Phi) is 4.93. The van der Waals surface area contributed by atoms with Crippen molar-refractivity contribution in [1.29, 1.82) is 0 Å². The first kappa shape index (κ1) is 16.2. The molecule has 126 valence electrons. The molecule has 2 heterocycles. The second kappa shape index (κ2) is 7.29. The first-order valence-corrected chi connectivity index (χ1v) is 8.12. The van der Waals surface area contributed by atoms with E-state index in [1.807, 2.05) is 11.8 Å². The fourth-order valence-corrected chi connectivity index (χ4v) is 2.77. The maximum absolute atomic E-state index is 12.3. The zero-order valence-electron chi connectivity index (χ0n) is 14.1. The van der Waals surface area contributed by atoms with Crippen molar-refractivity contribution >= 4 is 11.6 Å². The maximum Gasteiger partial charge on any atom is 0.260 e. The van der Waals surface area contributed by atoms with Crippen LogP contribution in [0.5, 0.6) is 5.88 Å². The van der Waals surface area contributed by atoms with Gasteiger partial charge in [0.25, 0.3) is 5.91 Å². The summed E-state index contributed by atoms with van der Waals surface area (Å²) in [5.74, 6) is 0.435. The first-order valence-electron chi connectivity index (χ1n) is 8.12. The number of carbonyl (C=O) groups excluding carboxylic acids is 1. The van der Waals surface area contributed by atoms with Crippen molar-refractivity contribution in [3.05, 3.63) is 47.9 Å². The molecule has 0 unspecified atom stereocenters. The first-order chi connectivity index (χ1) is 11.6. The van der Waals surface area contributed by atoms with Crippen molar-refractivity contribution in [2.75, 3.05) is 37.7 Å². The molecule has 0 bridgehead atoms. The van der Waals surface area contributed by atoms with Gasteiger partial charge in [-0.05, 0) is 31.5 Å². The molecule has 0 saturated carbocycles. The van der Waals surface area contributed by atoms with Crippen LogP contribution < -0.4 is 9.64 Å². The van der Waals surface area contributed by atoms with Gasteiger partial charge in [-0.1, -0.05) is 12.1 Å². The summed E-state index contributed by atoms with van der Waals surface area (Å²) < 4.78 is 5.47. The molecule has 6 nitrogen and oxygen atoms in total. The van der Waals surface area contributed by atoms with Crippen LogP contribution in [0.25, 0.3) is 0 Å². The van der Waals surface area contributed by atoms with Crippen molar-refractivity contribution in [3.63, 3.8) is 0 Å². The Hall–Kier alpha value is -2.63. The summed E-state index contributed by atoms with van der Waals surface area (Å²) in [6, 6.07) is 10.2. The number of aromatic nitrogens is 2. The molecule has 0 aliphatic carbocycles. The molecule has 24 heavy (non-hydrogen) atoms. The van der Waals surface area contributed by atoms with E-state index in [0.29, 0.717) is 19.0 Å². The molecule has 3 rings (SSSR count). The molecule has 0 atom stereocenters. The zero-order valence-corrected chi connectivity index (χ0v) is 14.1. The van der Waals surface area contributed by atoms with E-state index >= 15 is 0 Å². The molecular formula is C18H22N4O2. The highest BCUT2D eigenvalue weighted by atomic mass is 16.5. The number of ether oxygens (including phenoxy) is 1. The SMILES string of the molecule is Cc1cccc(N2CCN(C(=O)COc3cc(C)ncn3)CC2)c1. The lowest BCUT2D eigenvalue weighted by Gasteiger charge is -2.36. The summed E-state index contributed by atoms with van der Waals surface area (Å²) in [6.45, 7) is 7.05. The van der Waals surface area contributed by atoms with Gasteiger partial charge in [0.05, 0.1) is 0 Å². The van der Waals surface area contributed by atoms with Crippen molar-refractivity contribution < 1.29 is 9.53 Å². The topological polar surface area (TPSA) is 58.6 Å². The van der Waals surface area contributed by atoms with Crippen LogP contribution in [-0.2, 0) is 4.79 Å². The Morgan fingerprint density at radius 3 is 2.62 bits per heavy atom. The molecule has 1 aromatic heterocycles. The third-order valence-electron chi connectivity index (χ3n) is 4.12. The van der Waals surface area contributed by atoms with Gasteiger partial charge in [0.2, 0.25) is 5.88 Å². The molecule has 1 aliphatic rings. The Bertz CT molecular complexity index is 712. The molecule has 0 radical (unpaired) electrons. The molecule has 0 N–H and O–H groups in total. The zero-order chi connectivity index (χ0) is 16.9. The Morgan fingerprint density at radius 2 is 1.92 bits per heavy atom. The van der Waals surface area contributed by atoms with E-state index in [9.17, 15) is 4.79 Å². The second-order valence-corrected chi connectivity index (χ2v) is 5.99. The Morgan fingerprint density at radius 1 is 1.12 bits per heavy atom. The van der Waals surface area contributed by atoms with E-state index in [0.717, 1.165) is 18.8 Å². The van der Waals surface area contributed by atoms with E-state index in [1.54, 1.807) is 6.07 Å². The molecular weight excluding hydrogens is 304 g/mol. The monoisotopic (exact) mass is 326 g/mol. The summed E-state index contributed by atoms with van der Waals surface area (Å²) >= 11 is 0. The number of amides is 1. The second-order valence-electron chi connectivity index (χ2n) is 5.99. The van der Waals surface area contributed by atoms with Gasteiger partial charge in [-0.3, -0.25) is 4.79 Å². The number of anilines is 1. The van der Waals surface area contributed by atoms with Gasteiger partial charge in [-0.25, -0.2) is 9.97 Å². The largest absolute Gasteiger partial charge is 0.467 e. The fourth-order valence-electron chi connectivity index (χ4n) is 2.77. The van der Waals surface area contributed by atoms with E-state index in [2.05, 4.69) is 46.1 Å². The molecule has 0 spiro atoms.